The zero-order valence-electron chi connectivity index (χ0n) is 30.9. The largest absolute Gasteiger partial charge is 0.314 e. The van der Waals surface area contributed by atoms with Gasteiger partial charge in [-0.3, -0.25) is 0 Å². The molecular weight excluding hydrogens is 689 g/mol. The molecule has 0 aliphatic heterocycles. The second-order valence-electron chi connectivity index (χ2n) is 13.1. The maximum absolute atomic E-state index is 5.14. The van der Waals surface area contributed by atoms with Gasteiger partial charge in [0, 0.05) is 39.3 Å². The highest BCUT2D eigenvalue weighted by Crippen LogP contribution is 2.35. The first-order valence-corrected chi connectivity index (χ1v) is 19.2. The Morgan fingerprint density at radius 2 is 1.29 bits per heavy atom. The molecule has 5 nitrogen and oxygen atoms in total. The predicted octanol–water partition coefficient (Wildman–Crippen LogP) is 11.3. The Balaban J connectivity index is 1.17. The second-order valence-corrected chi connectivity index (χ2v) is 14.1. The molecule has 264 valence electrons. The summed E-state index contributed by atoms with van der Waals surface area (Å²) < 4.78 is 3.42. The Morgan fingerprint density at radius 3 is 1.91 bits per heavy atom. The number of benzene rings is 5. The van der Waals surface area contributed by atoms with Crippen LogP contribution in [-0.2, 0) is 0 Å². The minimum Gasteiger partial charge on any atom is -0.314 e. The standard InChI is InChI=1S/C48H38BN5S/c1-5-7-26-42-44(49-4)40(32(3)54(42)39-24-15-10-16-25-39)30-33(6-2)36-22-17-23-38(29-36)48-50-41-31-37(27-28-43(41)55-48)47-52-45(34-18-11-8-12-19-34)51-46(53-47)35-20-13-9-14-21-35/h5-31,49H,1-2H2,3-4H3/b26-7-,33-30+. The van der Waals surface area contributed by atoms with Gasteiger partial charge in [0.05, 0.1) is 10.2 Å². The quantitative estimate of drug-likeness (QED) is 0.0983. The van der Waals surface area contributed by atoms with Gasteiger partial charge in [0.2, 0.25) is 0 Å². The van der Waals surface area contributed by atoms with Crippen LogP contribution in [0.2, 0.25) is 6.82 Å². The maximum atomic E-state index is 5.14. The number of hydrogen-bond acceptors (Lipinski definition) is 5. The normalized spacial score (nSPS) is 11.6. The number of thiazole rings is 1. The third-order valence-corrected chi connectivity index (χ3v) is 10.8. The zero-order chi connectivity index (χ0) is 37.7. The molecule has 0 amide bonds. The van der Waals surface area contributed by atoms with E-state index in [1.54, 1.807) is 11.3 Å². The van der Waals surface area contributed by atoms with Crippen molar-refractivity contribution in [1.82, 2.24) is 24.5 Å². The molecular formula is C48H38BN5S. The van der Waals surface area contributed by atoms with E-state index in [9.17, 15) is 0 Å². The first kappa shape index (κ1) is 35.3. The van der Waals surface area contributed by atoms with Gasteiger partial charge in [-0.1, -0.05) is 141 Å². The van der Waals surface area contributed by atoms with E-state index in [-0.39, 0.29) is 0 Å². The average Bonchev–Trinajstić information content (AvgIpc) is 3.80. The van der Waals surface area contributed by atoms with Crippen LogP contribution in [-0.4, -0.2) is 31.8 Å². The fourth-order valence-corrected chi connectivity index (χ4v) is 7.92. The van der Waals surface area contributed by atoms with Crippen molar-refractivity contribution in [3.05, 3.63) is 187 Å². The van der Waals surface area contributed by atoms with E-state index in [0.29, 0.717) is 17.5 Å². The number of nitrogens with zero attached hydrogens (tertiary/aromatic N) is 5. The van der Waals surface area contributed by atoms with Crippen LogP contribution in [0.4, 0.5) is 0 Å². The van der Waals surface area contributed by atoms with Crippen molar-refractivity contribution in [2.24, 2.45) is 0 Å². The van der Waals surface area contributed by atoms with Gasteiger partial charge in [-0.15, -0.1) is 11.3 Å². The van der Waals surface area contributed by atoms with Crippen molar-refractivity contribution in [2.75, 3.05) is 0 Å². The lowest BCUT2D eigenvalue weighted by molar-refractivity contribution is 1.00. The van der Waals surface area contributed by atoms with E-state index in [1.807, 2.05) is 78.9 Å². The number of allylic oxidation sites excluding steroid dienone is 4. The van der Waals surface area contributed by atoms with E-state index >= 15 is 0 Å². The summed E-state index contributed by atoms with van der Waals surface area (Å²) in [5, 5.41) is 0.945. The summed E-state index contributed by atoms with van der Waals surface area (Å²) in [6, 6.07) is 45.4. The third kappa shape index (κ3) is 7.18. The van der Waals surface area contributed by atoms with Gasteiger partial charge in [-0.05, 0) is 72.2 Å². The van der Waals surface area contributed by atoms with Crippen molar-refractivity contribution in [1.29, 1.82) is 0 Å². The predicted molar refractivity (Wildman–Crippen MR) is 235 cm³/mol. The molecule has 0 atom stereocenters. The van der Waals surface area contributed by atoms with Crippen LogP contribution in [0.1, 0.15) is 22.5 Å². The lowest BCUT2D eigenvalue weighted by Gasteiger charge is -2.10. The minimum absolute atomic E-state index is 0.609. The van der Waals surface area contributed by atoms with E-state index in [4.69, 9.17) is 19.9 Å². The van der Waals surface area contributed by atoms with Crippen LogP contribution in [0.15, 0.2) is 165 Å². The van der Waals surface area contributed by atoms with Crippen molar-refractivity contribution in [3.63, 3.8) is 0 Å². The smallest absolute Gasteiger partial charge is 0.164 e. The van der Waals surface area contributed by atoms with Crippen molar-refractivity contribution in [2.45, 2.75) is 13.7 Å². The fraction of sp³-hybridized carbons (Fsp3) is 0.0417. The molecule has 8 rings (SSSR count). The number of aromatic nitrogens is 5. The Bertz CT molecular complexity index is 2670. The molecule has 0 aliphatic rings. The second kappa shape index (κ2) is 15.7. The molecule has 0 spiro atoms. The first-order chi connectivity index (χ1) is 27.0. The topological polar surface area (TPSA) is 56.5 Å². The molecule has 0 saturated heterocycles. The summed E-state index contributed by atoms with van der Waals surface area (Å²) in [7, 11) is 0.882. The van der Waals surface area contributed by atoms with Crippen LogP contribution in [0.25, 0.3) is 78.4 Å². The molecule has 0 unspecified atom stereocenters. The van der Waals surface area contributed by atoms with Gasteiger partial charge in [0.25, 0.3) is 0 Å². The highest BCUT2D eigenvalue weighted by molar-refractivity contribution is 7.21. The van der Waals surface area contributed by atoms with Gasteiger partial charge in [0.15, 0.2) is 24.8 Å². The molecule has 8 aromatic rings. The van der Waals surface area contributed by atoms with Gasteiger partial charge >= 0.3 is 0 Å². The number of rotatable bonds is 11. The summed E-state index contributed by atoms with van der Waals surface area (Å²) in [5.41, 5.74) is 12.8. The Kier molecular flexibility index (Phi) is 10.1. The molecule has 0 aliphatic carbocycles. The van der Waals surface area contributed by atoms with Gasteiger partial charge < -0.3 is 4.57 Å². The Labute approximate surface area is 326 Å². The molecule has 0 N–H and O–H groups in total. The molecule has 0 saturated carbocycles. The van der Waals surface area contributed by atoms with E-state index in [1.165, 1.54) is 16.7 Å². The van der Waals surface area contributed by atoms with Gasteiger partial charge in [0.1, 0.15) is 5.01 Å². The summed E-state index contributed by atoms with van der Waals surface area (Å²) in [5.74, 6) is 1.88. The maximum Gasteiger partial charge on any atom is 0.164 e. The highest BCUT2D eigenvalue weighted by Gasteiger charge is 2.19. The van der Waals surface area contributed by atoms with E-state index < -0.39 is 0 Å². The molecule has 0 bridgehead atoms. The molecule has 7 heteroatoms. The van der Waals surface area contributed by atoms with Crippen LogP contribution in [0.3, 0.4) is 0 Å². The molecule has 0 radical (unpaired) electrons. The SMILES string of the molecule is C=C/C=C\c1c(BC)c(/C=C(\C=C)c2cccc(-c3nc4cc(-c5nc(-c6ccccc6)nc(-c6ccccc6)n5)ccc4s3)c2)c(C)n1-c1ccccc1. The summed E-state index contributed by atoms with van der Waals surface area (Å²) in [4.78, 5) is 19.9. The molecule has 3 heterocycles. The van der Waals surface area contributed by atoms with Gasteiger partial charge in [-0.2, -0.15) is 0 Å². The van der Waals surface area contributed by atoms with Crippen LogP contribution in [0, 0.1) is 6.92 Å². The van der Waals surface area contributed by atoms with Crippen LogP contribution in [0.5, 0.6) is 0 Å². The fourth-order valence-electron chi connectivity index (χ4n) is 6.97. The molecule has 55 heavy (non-hydrogen) atoms. The summed E-state index contributed by atoms with van der Waals surface area (Å²) >= 11 is 1.68. The number of para-hydroxylation sites is 1. The average molecular weight is 728 g/mol. The van der Waals surface area contributed by atoms with Crippen molar-refractivity contribution in [3.8, 4) is 50.4 Å². The molecule has 0 fully saturated rings. The van der Waals surface area contributed by atoms with Crippen molar-refractivity contribution < 1.29 is 0 Å². The minimum atomic E-state index is 0.609. The summed E-state index contributed by atoms with van der Waals surface area (Å²) in [6.45, 7) is 12.6. The first-order valence-electron chi connectivity index (χ1n) is 18.4. The summed E-state index contributed by atoms with van der Waals surface area (Å²) in [6.07, 6.45) is 10.2. The van der Waals surface area contributed by atoms with Crippen LogP contribution >= 0.6 is 11.3 Å². The van der Waals surface area contributed by atoms with E-state index in [0.717, 1.165) is 67.3 Å². The monoisotopic (exact) mass is 727 g/mol. The van der Waals surface area contributed by atoms with Crippen molar-refractivity contribution >= 4 is 52.0 Å². The lowest BCUT2D eigenvalue weighted by atomic mass is 9.70. The molecule has 5 aromatic carbocycles. The van der Waals surface area contributed by atoms with E-state index in [2.05, 4.69) is 116 Å². The third-order valence-electron chi connectivity index (χ3n) is 9.67. The Morgan fingerprint density at radius 1 is 0.673 bits per heavy atom. The molecule has 3 aromatic heterocycles. The Hall–Kier alpha value is -6.70. The lowest BCUT2D eigenvalue weighted by Crippen LogP contribution is -2.16. The zero-order valence-corrected chi connectivity index (χ0v) is 31.7. The number of fused-ring (bicyclic) bond motifs is 1. The number of hydrogen-bond donors (Lipinski definition) is 0. The highest BCUT2D eigenvalue weighted by atomic mass is 32.1. The van der Waals surface area contributed by atoms with Gasteiger partial charge in [-0.25, -0.2) is 19.9 Å². The van der Waals surface area contributed by atoms with Crippen LogP contribution < -0.4 is 5.46 Å².